The zero-order chi connectivity index (χ0) is 18.2. The molecule has 0 atom stereocenters. The van der Waals surface area contributed by atoms with E-state index in [4.69, 9.17) is 9.15 Å². The van der Waals surface area contributed by atoms with Gasteiger partial charge in [-0.15, -0.1) is 0 Å². The number of hydrogen-bond acceptors (Lipinski definition) is 6. The van der Waals surface area contributed by atoms with Crippen LogP contribution in [0.2, 0.25) is 0 Å². The summed E-state index contributed by atoms with van der Waals surface area (Å²) in [5.74, 6) is -1.41. The molecule has 0 spiro atoms. The van der Waals surface area contributed by atoms with E-state index in [9.17, 15) is 14.4 Å². The van der Waals surface area contributed by atoms with Crippen LogP contribution in [0.5, 0.6) is 0 Å². The molecular weight excluding hydrogens is 394 g/mol. The van der Waals surface area contributed by atoms with Crippen LogP contribution in [0.25, 0.3) is 6.08 Å². The molecular formula is C17H14BrNO6. The van der Waals surface area contributed by atoms with Crippen LogP contribution < -0.4 is 5.32 Å². The summed E-state index contributed by atoms with van der Waals surface area (Å²) < 4.78 is 15.2. The van der Waals surface area contributed by atoms with Gasteiger partial charge in [-0.1, -0.05) is 12.1 Å². The number of esters is 2. The first-order valence-corrected chi connectivity index (χ1v) is 7.86. The molecule has 25 heavy (non-hydrogen) atoms. The van der Waals surface area contributed by atoms with Crippen molar-refractivity contribution in [1.29, 1.82) is 0 Å². The quantitative estimate of drug-likeness (QED) is 0.583. The molecule has 1 amide bonds. The Morgan fingerprint density at radius 3 is 2.64 bits per heavy atom. The summed E-state index contributed by atoms with van der Waals surface area (Å²) >= 11 is 3.14. The molecule has 1 N–H and O–H groups in total. The molecule has 7 nitrogen and oxygen atoms in total. The fourth-order valence-corrected chi connectivity index (χ4v) is 2.14. The third-order valence-electron chi connectivity index (χ3n) is 2.93. The second-order valence-corrected chi connectivity index (χ2v) is 5.45. The van der Waals surface area contributed by atoms with Crippen LogP contribution in [0.1, 0.15) is 16.1 Å². The van der Waals surface area contributed by atoms with Crippen molar-refractivity contribution < 1.29 is 28.3 Å². The minimum Gasteiger partial charge on any atom is -0.465 e. The predicted molar refractivity (Wildman–Crippen MR) is 92.8 cm³/mol. The number of amides is 1. The van der Waals surface area contributed by atoms with Crippen LogP contribution in [0.4, 0.5) is 5.69 Å². The average molecular weight is 408 g/mol. The summed E-state index contributed by atoms with van der Waals surface area (Å²) in [5, 5.41) is 2.49. The van der Waals surface area contributed by atoms with Gasteiger partial charge >= 0.3 is 11.9 Å². The Hall–Kier alpha value is -2.87. The van der Waals surface area contributed by atoms with Gasteiger partial charge in [0.1, 0.15) is 5.76 Å². The first-order chi connectivity index (χ1) is 12.0. The van der Waals surface area contributed by atoms with Gasteiger partial charge in [-0.25, -0.2) is 9.59 Å². The molecule has 0 aliphatic rings. The monoisotopic (exact) mass is 407 g/mol. The standard InChI is InChI=1S/C17H14BrNO6/c1-23-17(22)12-4-2-3-5-13(12)19-15(20)10-24-16(21)9-7-11-6-8-14(18)25-11/h2-9H,10H2,1H3,(H,19,20). The maximum atomic E-state index is 11.9. The molecule has 0 saturated carbocycles. The van der Waals surface area contributed by atoms with Gasteiger partial charge in [-0.2, -0.15) is 0 Å². The Labute approximate surface area is 151 Å². The first kappa shape index (κ1) is 18.5. The summed E-state index contributed by atoms with van der Waals surface area (Å²) in [6.45, 7) is -0.499. The number of carbonyl (C=O) groups is 3. The second kappa shape index (κ2) is 8.84. The molecule has 0 saturated heterocycles. The maximum absolute atomic E-state index is 11.9. The molecule has 130 valence electrons. The number of ether oxygens (including phenoxy) is 2. The average Bonchev–Trinajstić information content (AvgIpc) is 3.03. The number of methoxy groups -OCH3 is 1. The van der Waals surface area contributed by atoms with Crippen LogP contribution >= 0.6 is 15.9 Å². The van der Waals surface area contributed by atoms with Crippen molar-refractivity contribution in [3.05, 3.63) is 58.5 Å². The van der Waals surface area contributed by atoms with Crippen molar-refractivity contribution in [2.75, 3.05) is 19.0 Å². The van der Waals surface area contributed by atoms with Gasteiger partial charge in [0.15, 0.2) is 11.3 Å². The SMILES string of the molecule is COC(=O)c1ccccc1NC(=O)COC(=O)C=Cc1ccc(Br)o1. The van der Waals surface area contributed by atoms with Crippen molar-refractivity contribution in [3.8, 4) is 0 Å². The summed E-state index contributed by atoms with van der Waals surface area (Å²) in [7, 11) is 1.24. The first-order valence-electron chi connectivity index (χ1n) is 7.07. The van der Waals surface area contributed by atoms with Crippen molar-refractivity contribution in [2.24, 2.45) is 0 Å². The van der Waals surface area contributed by atoms with Gasteiger partial charge in [-0.3, -0.25) is 4.79 Å². The molecule has 8 heteroatoms. The van der Waals surface area contributed by atoms with E-state index in [0.29, 0.717) is 10.4 Å². The Bertz CT molecular complexity index is 811. The van der Waals surface area contributed by atoms with E-state index in [1.807, 2.05) is 0 Å². The molecule has 0 bridgehead atoms. The van der Waals surface area contributed by atoms with E-state index in [2.05, 4.69) is 26.0 Å². The fraction of sp³-hybridized carbons (Fsp3) is 0.118. The molecule has 0 aliphatic carbocycles. The van der Waals surface area contributed by atoms with Gasteiger partial charge in [0, 0.05) is 6.08 Å². The predicted octanol–water partition coefficient (Wildman–Crippen LogP) is 3.02. The van der Waals surface area contributed by atoms with E-state index >= 15 is 0 Å². The van der Waals surface area contributed by atoms with E-state index in [0.717, 1.165) is 6.08 Å². The summed E-state index contributed by atoms with van der Waals surface area (Å²) in [4.78, 5) is 35.1. The zero-order valence-corrected chi connectivity index (χ0v) is 14.7. The largest absolute Gasteiger partial charge is 0.465 e. The number of para-hydroxylation sites is 1. The Morgan fingerprint density at radius 1 is 1.20 bits per heavy atom. The molecule has 2 rings (SSSR count). The van der Waals surface area contributed by atoms with E-state index in [-0.39, 0.29) is 11.3 Å². The van der Waals surface area contributed by atoms with Crippen molar-refractivity contribution in [1.82, 2.24) is 0 Å². The van der Waals surface area contributed by atoms with Gasteiger partial charge in [0.2, 0.25) is 0 Å². The zero-order valence-electron chi connectivity index (χ0n) is 13.2. The normalized spacial score (nSPS) is 10.5. The van der Waals surface area contributed by atoms with E-state index < -0.39 is 24.5 Å². The lowest BCUT2D eigenvalue weighted by molar-refractivity contribution is -0.142. The summed E-state index contributed by atoms with van der Waals surface area (Å²) in [5.41, 5.74) is 0.472. The van der Waals surface area contributed by atoms with Gasteiger partial charge in [0.05, 0.1) is 18.4 Å². The third-order valence-corrected chi connectivity index (χ3v) is 3.36. The van der Waals surface area contributed by atoms with Crippen LogP contribution in [0, 0.1) is 0 Å². The highest BCUT2D eigenvalue weighted by Gasteiger charge is 2.13. The number of benzene rings is 1. The van der Waals surface area contributed by atoms with Gasteiger partial charge in [0.25, 0.3) is 5.91 Å². The molecule has 0 aliphatic heterocycles. The minimum atomic E-state index is -0.705. The van der Waals surface area contributed by atoms with Crippen LogP contribution in [-0.2, 0) is 19.1 Å². The number of anilines is 1. The van der Waals surface area contributed by atoms with Crippen molar-refractivity contribution in [2.45, 2.75) is 0 Å². The number of hydrogen-bond donors (Lipinski definition) is 1. The topological polar surface area (TPSA) is 94.8 Å². The third kappa shape index (κ3) is 5.61. The Balaban J connectivity index is 1.87. The maximum Gasteiger partial charge on any atom is 0.339 e. The smallest absolute Gasteiger partial charge is 0.339 e. The fourth-order valence-electron chi connectivity index (χ4n) is 1.82. The van der Waals surface area contributed by atoms with Gasteiger partial charge < -0.3 is 19.2 Å². The van der Waals surface area contributed by atoms with Crippen LogP contribution in [-0.4, -0.2) is 31.6 Å². The lowest BCUT2D eigenvalue weighted by Crippen LogP contribution is -2.21. The van der Waals surface area contributed by atoms with Crippen molar-refractivity contribution >= 4 is 45.5 Å². The molecule has 0 fully saturated rings. The number of furan rings is 1. The highest BCUT2D eigenvalue weighted by Crippen LogP contribution is 2.16. The molecule has 1 aromatic heterocycles. The number of halogens is 1. The highest BCUT2D eigenvalue weighted by atomic mass is 79.9. The Morgan fingerprint density at radius 2 is 1.96 bits per heavy atom. The number of rotatable bonds is 6. The lowest BCUT2D eigenvalue weighted by atomic mass is 10.2. The minimum absolute atomic E-state index is 0.202. The molecule has 1 heterocycles. The van der Waals surface area contributed by atoms with Crippen molar-refractivity contribution in [3.63, 3.8) is 0 Å². The van der Waals surface area contributed by atoms with Crippen LogP contribution in [0.3, 0.4) is 0 Å². The molecule has 0 unspecified atom stereocenters. The second-order valence-electron chi connectivity index (χ2n) is 4.67. The number of carbonyl (C=O) groups excluding carboxylic acids is 3. The highest BCUT2D eigenvalue weighted by molar-refractivity contribution is 9.10. The van der Waals surface area contributed by atoms with Gasteiger partial charge in [-0.05, 0) is 46.3 Å². The number of nitrogens with one attached hydrogen (secondary N) is 1. The van der Waals surface area contributed by atoms with E-state index in [1.54, 1.807) is 30.3 Å². The van der Waals surface area contributed by atoms with E-state index in [1.165, 1.54) is 19.3 Å². The Kier molecular flexibility index (Phi) is 6.53. The molecule has 1 aromatic carbocycles. The summed E-state index contributed by atoms with van der Waals surface area (Å²) in [6, 6.07) is 9.68. The molecule has 0 radical (unpaired) electrons. The summed E-state index contributed by atoms with van der Waals surface area (Å²) in [6.07, 6.45) is 2.55. The molecule has 2 aromatic rings. The van der Waals surface area contributed by atoms with Crippen LogP contribution in [0.15, 0.2) is 51.6 Å². The lowest BCUT2D eigenvalue weighted by Gasteiger charge is -2.09.